The SMILES string of the molecule is CCOC(=O)C(C)(C)Oc1ccc(OCCc2nc(-c3ccccc3)oc2C)cc1C(N)C(=O)OC(C)(C)C. The van der Waals surface area contributed by atoms with Crippen molar-refractivity contribution in [2.24, 2.45) is 5.73 Å². The summed E-state index contributed by atoms with van der Waals surface area (Å²) < 4.78 is 28.4. The maximum Gasteiger partial charge on any atom is 0.349 e. The van der Waals surface area contributed by atoms with E-state index >= 15 is 0 Å². The molecule has 0 radical (unpaired) electrons. The molecule has 0 aliphatic heterocycles. The number of nitrogens with two attached hydrogens (primary N) is 1. The van der Waals surface area contributed by atoms with E-state index in [0.29, 0.717) is 30.2 Å². The van der Waals surface area contributed by atoms with Gasteiger partial charge < -0.3 is 29.1 Å². The van der Waals surface area contributed by atoms with Gasteiger partial charge in [0.15, 0.2) is 5.60 Å². The second-order valence-corrected chi connectivity index (χ2v) is 10.5. The van der Waals surface area contributed by atoms with Crippen LogP contribution in [0.25, 0.3) is 11.5 Å². The molecule has 9 nitrogen and oxygen atoms in total. The second-order valence-electron chi connectivity index (χ2n) is 10.5. The summed E-state index contributed by atoms with van der Waals surface area (Å²) in [5.41, 5.74) is 6.27. The monoisotopic (exact) mass is 538 g/mol. The average Bonchev–Trinajstić information content (AvgIpc) is 3.24. The lowest BCUT2D eigenvalue weighted by Gasteiger charge is -2.28. The van der Waals surface area contributed by atoms with Crippen LogP contribution < -0.4 is 15.2 Å². The van der Waals surface area contributed by atoms with E-state index in [2.05, 4.69) is 4.98 Å². The fourth-order valence-corrected chi connectivity index (χ4v) is 3.70. The van der Waals surface area contributed by atoms with Crippen molar-refractivity contribution >= 4 is 11.9 Å². The van der Waals surface area contributed by atoms with E-state index in [4.69, 9.17) is 29.1 Å². The standard InChI is InChI=1S/C30H38N2O7/c1-8-35-28(34)30(6,7)38-24-15-14-21(18-22(24)25(31)27(33)39-29(3,4)5)36-17-16-23-19(2)37-26(32-23)20-12-10-9-11-13-20/h9-15,18,25H,8,16-17,31H2,1-7H3. The topological polar surface area (TPSA) is 123 Å². The molecule has 3 rings (SSSR count). The van der Waals surface area contributed by atoms with Gasteiger partial charge in [-0.25, -0.2) is 14.6 Å². The third-order valence-electron chi connectivity index (χ3n) is 5.63. The summed E-state index contributed by atoms with van der Waals surface area (Å²) in [5.74, 6) is 0.813. The number of benzene rings is 2. The molecule has 1 heterocycles. The lowest BCUT2D eigenvalue weighted by Crippen LogP contribution is -2.40. The Labute approximate surface area is 229 Å². The first-order chi connectivity index (χ1) is 18.3. The van der Waals surface area contributed by atoms with Gasteiger partial charge in [0, 0.05) is 17.5 Å². The largest absolute Gasteiger partial charge is 0.493 e. The van der Waals surface area contributed by atoms with Crippen molar-refractivity contribution in [1.82, 2.24) is 4.98 Å². The molecular formula is C30H38N2O7. The van der Waals surface area contributed by atoms with Crippen LogP contribution in [0.2, 0.25) is 0 Å². The molecule has 1 aromatic heterocycles. The van der Waals surface area contributed by atoms with Crippen molar-refractivity contribution in [2.75, 3.05) is 13.2 Å². The number of nitrogens with zero attached hydrogens (tertiary/aromatic N) is 1. The number of hydrogen-bond acceptors (Lipinski definition) is 9. The molecule has 0 saturated carbocycles. The third kappa shape index (κ3) is 8.07. The van der Waals surface area contributed by atoms with Crippen molar-refractivity contribution in [1.29, 1.82) is 0 Å². The highest BCUT2D eigenvalue weighted by Gasteiger charge is 2.34. The molecule has 1 unspecified atom stereocenters. The lowest BCUT2D eigenvalue weighted by molar-refractivity contribution is -0.158. The van der Waals surface area contributed by atoms with Crippen LogP contribution in [0.5, 0.6) is 11.5 Å². The summed E-state index contributed by atoms with van der Waals surface area (Å²) >= 11 is 0. The summed E-state index contributed by atoms with van der Waals surface area (Å²) in [6.45, 7) is 12.5. The lowest BCUT2D eigenvalue weighted by atomic mass is 10.0. The van der Waals surface area contributed by atoms with E-state index < -0.39 is 29.2 Å². The summed E-state index contributed by atoms with van der Waals surface area (Å²) in [6.07, 6.45) is 0.504. The summed E-state index contributed by atoms with van der Waals surface area (Å²) in [5, 5.41) is 0. The van der Waals surface area contributed by atoms with E-state index in [9.17, 15) is 9.59 Å². The Morgan fingerprint density at radius 1 is 1.05 bits per heavy atom. The second kappa shape index (κ2) is 12.3. The first-order valence-electron chi connectivity index (χ1n) is 12.9. The Bertz CT molecular complexity index is 1280. The fourth-order valence-electron chi connectivity index (χ4n) is 3.70. The number of rotatable bonds is 11. The predicted octanol–water partition coefficient (Wildman–Crippen LogP) is 5.33. The van der Waals surface area contributed by atoms with Gasteiger partial charge in [0.25, 0.3) is 0 Å². The van der Waals surface area contributed by atoms with Crippen LogP contribution in [0.15, 0.2) is 52.9 Å². The number of carbonyl (C=O) groups excluding carboxylic acids is 2. The van der Waals surface area contributed by atoms with Crippen molar-refractivity contribution in [3.63, 3.8) is 0 Å². The average molecular weight is 539 g/mol. The zero-order chi connectivity index (χ0) is 28.8. The molecule has 1 atom stereocenters. The zero-order valence-corrected chi connectivity index (χ0v) is 23.7. The summed E-state index contributed by atoms with van der Waals surface area (Å²) in [7, 11) is 0. The highest BCUT2D eigenvalue weighted by molar-refractivity contribution is 5.80. The van der Waals surface area contributed by atoms with Gasteiger partial charge in [0.2, 0.25) is 5.89 Å². The molecule has 0 aliphatic carbocycles. The van der Waals surface area contributed by atoms with Crippen LogP contribution in [0, 0.1) is 6.92 Å². The number of aromatic nitrogens is 1. The molecule has 0 aliphatic rings. The number of esters is 2. The van der Waals surface area contributed by atoms with Crippen LogP contribution in [0.1, 0.15) is 64.6 Å². The van der Waals surface area contributed by atoms with Gasteiger partial charge in [-0.3, -0.25) is 0 Å². The first kappa shape index (κ1) is 29.7. The molecule has 0 saturated heterocycles. The molecule has 210 valence electrons. The number of ether oxygens (including phenoxy) is 4. The minimum Gasteiger partial charge on any atom is -0.493 e. The Morgan fingerprint density at radius 3 is 2.38 bits per heavy atom. The molecule has 3 aromatic rings. The maximum absolute atomic E-state index is 12.8. The Morgan fingerprint density at radius 2 is 1.74 bits per heavy atom. The molecule has 0 amide bonds. The Balaban J connectivity index is 1.80. The third-order valence-corrected chi connectivity index (χ3v) is 5.63. The molecule has 9 heteroatoms. The first-order valence-corrected chi connectivity index (χ1v) is 12.9. The normalized spacial score (nSPS) is 12.5. The van der Waals surface area contributed by atoms with E-state index in [1.165, 1.54) is 0 Å². The van der Waals surface area contributed by atoms with Crippen molar-refractivity contribution < 1.29 is 33.0 Å². The number of aryl methyl sites for hydroxylation is 1. The van der Waals surface area contributed by atoms with Gasteiger partial charge in [0.05, 0.1) is 18.9 Å². The molecule has 0 spiro atoms. The number of oxazole rings is 1. The predicted molar refractivity (Wildman–Crippen MR) is 146 cm³/mol. The highest BCUT2D eigenvalue weighted by atomic mass is 16.6. The van der Waals surface area contributed by atoms with Gasteiger partial charge in [-0.15, -0.1) is 0 Å². The smallest absolute Gasteiger partial charge is 0.349 e. The van der Waals surface area contributed by atoms with E-state index in [1.807, 2.05) is 37.3 Å². The van der Waals surface area contributed by atoms with E-state index in [1.54, 1.807) is 59.7 Å². The molecule has 2 aromatic carbocycles. The minimum atomic E-state index is -1.32. The maximum atomic E-state index is 12.8. The van der Waals surface area contributed by atoms with Crippen molar-refractivity contribution in [2.45, 2.75) is 72.1 Å². The van der Waals surface area contributed by atoms with Gasteiger partial charge >= 0.3 is 11.9 Å². The minimum absolute atomic E-state index is 0.209. The molecule has 2 N–H and O–H groups in total. The molecule has 0 bridgehead atoms. The van der Waals surface area contributed by atoms with Crippen LogP contribution in [-0.2, 0) is 25.5 Å². The Hall–Kier alpha value is -3.85. The van der Waals surface area contributed by atoms with Crippen LogP contribution in [-0.4, -0.2) is 41.3 Å². The quantitative estimate of drug-likeness (QED) is 0.322. The van der Waals surface area contributed by atoms with Crippen molar-refractivity contribution in [3.8, 4) is 23.0 Å². The Kier molecular flexibility index (Phi) is 9.40. The molecular weight excluding hydrogens is 500 g/mol. The van der Waals surface area contributed by atoms with E-state index in [0.717, 1.165) is 17.0 Å². The zero-order valence-electron chi connectivity index (χ0n) is 23.7. The van der Waals surface area contributed by atoms with Crippen LogP contribution >= 0.6 is 0 Å². The van der Waals surface area contributed by atoms with Gasteiger partial charge in [-0.2, -0.15) is 0 Å². The van der Waals surface area contributed by atoms with Gasteiger partial charge in [0.1, 0.15) is 28.9 Å². The van der Waals surface area contributed by atoms with Crippen molar-refractivity contribution in [3.05, 3.63) is 65.5 Å². The van der Waals surface area contributed by atoms with Crippen LogP contribution in [0.4, 0.5) is 0 Å². The van der Waals surface area contributed by atoms with Gasteiger partial charge in [-0.1, -0.05) is 18.2 Å². The molecule has 0 fully saturated rings. The number of hydrogen-bond donors (Lipinski definition) is 1. The van der Waals surface area contributed by atoms with E-state index in [-0.39, 0.29) is 12.4 Å². The summed E-state index contributed by atoms with van der Waals surface area (Å²) in [4.78, 5) is 29.9. The van der Waals surface area contributed by atoms with Gasteiger partial charge in [-0.05, 0) is 78.8 Å². The molecule has 39 heavy (non-hydrogen) atoms. The van der Waals surface area contributed by atoms with Crippen LogP contribution in [0.3, 0.4) is 0 Å². The highest BCUT2D eigenvalue weighted by Crippen LogP contribution is 2.33. The fraction of sp³-hybridized carbons (Fsp3) is 0.433. The number of carbonyl (C=O) groups is 2. The summed E-state index contributed by atoms with van der Waals surface area (Å²) in [6, 6.07) is 13.4.